The minimum Gasteiger partial charge on any atom is -0.489 e. The Morgan fingerprint density at radius 1 is 1.35 bits per heavy atom. The molecule has 1 aliphatic rings. The topological polar surface area (TPSA) is 125 Å². The fraction of sp³-hybridized carbons (Fsp3) is 0.333. The number of anilines is 2. The maximum absolute atomic E-state index is 11.0. The van der Waals surface area contributed by atoms with Gasteiger partial charge in [0.05, 0.1) is 28.9 Å². The molecule has 1 amide bonds. The number of carboxylic acid groups (broad SMARTS) is 1. The van der Waals surface area contributed by atoms with Gasteiger partial charge in [0.25, 0.3) is 0 Å². The molecule has 3 heterocycles. The highest BCUT2D eigenvalue weighted by Gasteiger charge is 2.26. The predicted octanol–water partition coefficient (Wildman–Crippen LogP) is 4.22. The number of thiophene rings is 1. The molecule has 4 N–H and O–H groups in total. The Bertz CT molecular complexity index is 1280. The van der Waals surface area contributed by atoms with Crippen LogP contribution in [0.3, 0.4) is 0 Å². The lowest BCUT2D eigenvalue weighted by Gasteiger charge is -2.22. The molecule has 0 radical (unpaired) electrons. The van der Waals surface area contributed by atoms with Gasteiger partial charge in [0, 0.05) is 28.8 Å². The Labute approximate surface area is 181 Å². The van der Waals surface area contributed by atoms with Crippen molar-refractivity contribution in [2.75, 3.05) is 5.32 Å². The Morgan fingerprint density at radius 3 is 3.03 bits per heavy atom. The van der Waals surface area contributed by atoms with Gasteiger partial charge in [-0.05, 0) is 38.3 Å². The molecule has 5 rings (SSSR count). The van der Waals surface area contributed by atoms with Crippen molar-refractivity contribution in [1.29, 1.82) is 0 Å². The number of benzene rings is 1. The molecule has 160 valence electrons. The van der Waals surface area contributed by atoms with Crippen molar-refractivity contribution in [3.05, 3.63) is 35.1 Å². The molecule has 1 atom stereocenters. The van der Waals surface area contributed by atoms with Crippen LogP contribution in [0.15, 0.2) is 24.7 Å². The lowest BCUT2D eigenvalue weighted by Crippen LogP contribution is -2.37. The number of hydrogen-bond donors (Lipinski definition) is 4. The number of nitrogens with zero attached hydrogens (tertiary/aromatic N) is 3. The maximum Gasteiger partial charge on any atom is 0.404 e. The van der Waals surface area contributed by atoms with Gasteiger partial charge in [-0.3, -0.25) is 5.10 Å². The molecule has 31 heavy (non-hydrogen) atoms. The summed E-state index contributed by atoms with van der Waals surface area (Å²) < 4.78 is 6.04. The third kappa shape index (κ3) is 3.74. The van der Waals surface area contributed by atoms with Gasteiger partial charge in [-0.1, -0.05) is 0 Å². The quantitative estimate of drug-likeness (QED) is 0.367. The average Bonchev–Trinajstić information content (AvgIpc) is 3.31. The van der Waals surface area contributed by atoms with Crippen LogP contribution < -0.4 is 15.4 Å². The Kier molecular flexibility index (Phi) is 4.85. The van der Waals surface area contributed by atoms with E-state index in [2.05, 4.69) is 30.8 Å². The van der Waals surface area contributed by atoms with Crippen LogP contribution in [0.1, 0.15) is 30.7 Å². The second-order valence-corrected chi connectivity index (χ2v) is 8.98. The Hall–Kier alpha value is -3.40. The largest absolute Gasteiger partial charge is 0.489 e. The minimum atomic E-state index is -0.982. The summed E-state index contributed by atoms with van der Waals surface area (Å²) in [5, 5.41) is 24.2. The lowest BCUT2D eigenvalue weighted by atomic mass is 9.93. The van der Waals surface area contributed by atoms with Gasteiger partial charge in [0.2, 0.25) is 0 Å². The fourth-order valence-electron chi connectivity index (χ4n) is 4.05. The SMILES string of the molecule is CC(C)Oc1cc2[nH]ncc2cc1Nc1ncnc2sc3c(c12)CCC(NC(=O)O)C3. The number of aryl methyl sites for hydroxylation is 1. The zero-order valence-corrected chi connectivity index (χ0v) is 17.9. The highest BCUT2D eigenvalue weighted by atomic mass is 32.1. The van der Waals surface area contributed by atoms with E-state index in [1.54, 1.807) is 23.9 Å². The predicted molar refractivity (Wildman–Crippen MR) is 120 cm³/mol. The van der Waals surface area contributed by atoms with E-state index in [0.717, 1.165) is 50.3 Å². The van der Waals surface area contributed by atoms with Gasteiger partial charge < -0.3 is 20.5 Å². The van der Waals surface area contributed by atoms with E-state index in [1.807, 2.05) is 26.0 Å². The van der Waals surface area contributed by atoms with Crippen LogP contribution in [0.4, 0.5) is 16.3 Å². The van der Waals surface area contributed by atoms with E-state index in [4.69, 9.17) is 9.84 Å². The first kappa shape index (κ1) is 19.6. The van der Waals surface area contributed by atoms with Gasteiger partial charge >= 0.3 is 6.09 Å². The summed E-state index contributed by atoms with van der Waals surface area (Å²) in [4.78, 5) is 22.1. The molecular formula is C21H22N6O3S. The smallest absolute Gasteiger partial charge is 0.404 e. The highest BCUT2D eigenvalue weighted by molar-refractivity contribution is 7.19. The second kappa shape index (κ2) is 7.69. The van der Waals surface area contributed by atoms with Gasteiger partial charge in [0.1, 0.15) is 22.7 Å². The first-order valence-electron chi connectivity index (χ1n) is 10.1. The number of carbonyl (C=O) groups is 1. The summed E-state index contributed by atoms with van der Waals surface area (Å²) >= 11 is 1.60. The number of amides is 1. The number of fused-ring (bicyclic) bond motifs is 4. The number of aromatic nitrogens is 4. The lowest BCUT2D eigenvalue weighted by molar-refractivity contribution is 0.188. The summed E-state index contributed by atoms with van der Waals surface area (Å²) in [6.07, 6.45) is 4.56. The summed E-state index contributed by atoms with van der Waals surface area (Å²) in [5.41, 5.74) is 2.91. The van der Waals surface area contributed by atoms with Crippen molar-refractivity contribution in [3.8, 4) is 5.75 Å². The number of H-pyrrole nitrogens is 1. The zero-order chi connectivity index (χ0) is 21.5. The summed E-state index contributed by atoms with van der Waals surface area (Å²) in [7, 11) is 0. The third-order valence-electron chi connectivity index (χ3n) is 5.33. The fourth-order valence-corrected chi connectivity index (χ4v) is 5.32. The number of aromatic amines is 1. The summed E-state index contributed by atoms with van der Waals surface area (Å²) in [6.45, 7) is 3.97. The van der Waals surface area contributed by atoms with Crippen LogP contribution in [0, 0.1) is 0 Å². The van der Waals surface area contributed by atoms with Crippen molar-refractivity contribution in [3.63, 3.8) is 0 Å². The van der Waals surface area contributed by atoms with Crippen LogP contribution in [-0.4, -0.2) is 43.5 Å². The van der Waals surface area contributed by atoms with Crippen LogP contribution in [0.2, 0.25) is 0 Å². The van der Waals surface area contributed by atoms with Gasteiger partial charge in [-0.15, -0.1) is 11.3 Å². The second-order valence-electron chi connectivity index (χ2n) is 7.89. The number of rotatable bonds is 5. The Balaban J connectivity index is 1.55. The van der Waals surface area contributed by atoms with E-state index >= 15 is 0 Å². The van der Waals surface area contributed by atoms with Crippen LogP contribution in [-0.2, 0) is 12.8 Å². The van der Waals surface area contributed by atoms with Crippen molar-refractivity contribution < 1.29 is 14.6 Å². The first-order valence-corrected chi connectivity index (χ1v) is 10.9. The van der Waals surface area contributed by atoms with E-state index in [0.29, 0.717) is 12.2 Å². The third-order valence-corrected chi connectivity index (χ3v) is 6.49. The molecule has 9 nitrogen and oxygen atoms in total. The average molecular weight is 439 g/mol. The molecule has 0 bridgehead atoms. The van der Waals surface area contributed by atoms with E-state index in [9.17, 15) is 4.79 Å². The highest BCUT2D eigenvalue weighted by Crippen LogP contribution is 2.40. The normalized spacial score (nSPS) is 15.9. The van der Waals surface area contributed by atoms with E-state index in [-0.39, 0.29) is 12.1 Å². The summed E-state index contributed by atoms with van der Waals surface area (Å²) in [6, 6.07) is 3.86. The van der Waals surface area contributed by atoms with Gasteiger partial charge in [-0.25, -0.2) is 14.8 Å². The first-order chi connectivity index (χ1) is 15.0. The minimum absolute atomic E-state index is 0.0129. The zero-order valence-electron chi connectivity index (χ0n) is 17.1. The Morgan fingerprint density at radius 2 is 2.23 bits per heavy atom. The van der Waals surface area contributed by atoms with Gasteiger partial charge in [0.15, 0.2) is 0 Å². The van der Waals surface area contributed by atoms with E-state index < -0.39 is 6.09 Å². The molecule has 1 aromatic carbocycles. The molecule has 10 heteroatoms. The molecule has 0 saturated heterocycles. The van der Waals surface area contributed by atoms with Crippen molar-refractivity contribution >= 4 is 50.1 Å². The van der Waals surface area contributed by atoms with Crippen molar-refractivity contribution in [2.45, 2.75) is 45.3 Å². The molecular weight excluding hydrogens is 416 g/mol. The molecule has 0 spiro atoms. The number of nitrogens with one attached hydrogen (secondary N) is 3. The molecule has 1 aliphatic carbocycles. The van der Waals surface area contributed by atoms with Crippen LogP contribution in [0.5, 0.6) is 5.75 Å². The maximum atomic E-state index is 11.0. The van der Waals surface area contributed by atoms with E-state index in [1.165, 1.54) is 5.56 Å². The van der Waals surface area contributed by atoms with Crippen molar-refractivity contribution in [1.82, 2.24) is 25.5 Å². The molecule has 4 aromatic rings. The standard InChI is InChI=1S/C21H22N6O3S/c1-10(2)30-16-7-14-11(8-24-27-14)5-15(16)26-19-18-13-4-3-12(25-21(28)29)6-17(13)31-20(18)23-9-22-19/h5,7-10,12,25H,3-4,6H2,1-2H3,(H,24,27)(H,28,29)(H,22,23,26). The summed E-state index contributed by atoms with van der Waals surface area (Å²) in [5.74, 6) is 1.44. The molecule has 0 aliphatic heterocycles. The molecule has 3 aromatic heterocycles. The monoisotopic (exact) mass is 438 g/mol. The van der Waals surface area contributed by atoms with Crippen LogP contribution >= 0.6 is 11.3 Å². The number of ether oxygens (including phenoxy) is 1. The molecule has 0 fully saturated rings. The van der Waals surface area contributed by atoms with Crippen LogP contribution in [0.25, 0.3) is 21.1 Å². The van der Waals surface area contributed by atoms with Gasteiger partial charge in [-0.2, -0.15) is 5.10 Å². The number of hydrogen-bond acceptors (Lipinski definition) is 7. The van der Waals surface area contributed by atoms with Crippen molar-refractivity contribution in [2.24, 2.45) is 0 Å². The molecule has 0 saturated carbocycles. The molecule has 1 unspecified atom stereocenters.